The summed E-state index contributed by atoms with van der Waals surface area (Å²) < 4.78 is 25.1. The second-order valence-corrected chi connectivity index (χ2v) is 21.1. The molecule has 60 heavy (non-hydrogen) atoms. The van der Waals surface area contributed by atoms with Crippen molar-refractivity contribution in [3.8, 4) is 5.75 Å². The first-order chi connectivity index (χ1) is 29.0. The highest BCUT2D eigenvalue weighted by atomic mass is 28.3. The van der Waals surface area contributed by atoms with Crippen molar-refractivity contribution in [2.75, 3.05) is 48.1 Å². The molecule has 3 saturated heterocycles. The van der Waals surface area contributed by atoms with Gasteiger partial charge in [0.2, 0.25) is 0 Å². The zero-order chi connectivity index (χ0) is 41.8. The van der Waals surface area contributed by atoms with Gasteiger partial charge in [-0.15, -0.1) is 5.10 Å². The highest BCUT2D eigenvalue weighted by Crippen LogP contribution is 2.60. The zero-order valence-corrected chi connectivity index (χ0v) is 35.1. The van der Waals surface area contributed by atoms with Gasteiger partial charge in [-0.25, -0.2) is 9.59 Å². The molecule has 3 amide bonds. The molecule has 0 unspecified atom stereocenters. The van der Waals surface area contributed by atoms with Gasteiger partial charge in [0.1, 0.15) is 30.8 Å². The standard InChI is InChI=1S/C45H48N6O8Si/c1-29-41(60(3,4)35-17-15-34(56-2)16-18-35)39(20-21-48-28-37(46-47-48)40(52)31-8-6-5-7-9-31)59-45(29)36-26-33(50-23-25-58-44(50)55)14-19-38(36)51(42(45)53)27-30-10-12-32(13-11-30)49-22-24-57-43(49)54/h5-19,26,28-29,39-41,52H,20-25,27H2,1-4H3/t29-,39+,40-,41-,45+/m1/s1. The number of cyclic esters (lactones) is 2. The molecular weight excluding hydrogens is 781 g/mol. The van der Waals surface area contributed by atoms with Crippen molar-refractivity contribution < 1.29 is 38.4 Å². The number of aliphatic hydroxyl groups excluding tert-OH is 1. The Hall–Kier alpha value is -6.03. The van der Waals surface area contributed by atoms with Crippen LogP contribution in [0.4, 0.5) is 26.7 Å². The van der Waals surface area contributed by atoms with Gasteiger partial charge in [0.25, 0.3) is 5.91 Å². The van der Waals surface area contributed by atoms with Gasteiger partial charge in [-0.3, -0.25) is 19.3 Å². The molecule has 5 aromatic rings. The van der Waals surface area contributed by atoms with E-state index in [1.165, 1.54) is 5.19 Å². The summed E-state index contributed by atoms with van der Waals surface area (Å²) in [5.74, 6) is 0.307. The first-order valence-electron chi connectivity index (χ1n) is 20.4. The van der Waals surface area contributed by atoms with Crippen LogP contribution in [0, 0.1) is 5.92 Å². The van der Waals surface area contributed by atoms with Gasteiger partial charge in [0.15, 0.2) is 5.60 Å². The number of carbonyl (C=O) groups excluding carboxylic acids is 3. The van der Waals surface area contributed by atoms with E-state index in [4.69, 9.17) is 18.9 Å². The molecule has 1 aromatic heterocycles. The number of rotatable bonds is 12. The van der Waals surface area contributed by atoms with Crippen LogP contribution in [0.2, 0.25) is 18.6 Å². The maximum Gasteiger partial charge on any atom is 0.414 e. The number of hydrogen-bond donors (Lipinski definition) is 1. The minimum Gasteiger partial charge on any atom is -0.497 e. The van der Waals surface area contributed by atoms with Crippen molar-refractivity contribution >= 4 is 48.4 Å². The molecule has 310 valence electrons. The molecule has 3 fully saturated rings. The lowest BCUT2D eigenvalue weighted by Gasteiger charge is -2.37. The maximum atomic E-state index is 15.5. The Morgan fingerprint density at radius 3 is 2.20 bits per heavy atom. The molecular formula is C45H48N6O8Si. The van der Waals surface area contributed by atoms with E-state index in [-0.39, 0.29) is 42.7 Å². The number of aryl methyl sites for hydroxylation is 1. The van der Waals surface area contributed by atoms with E-state index in [9.17, 15) is 14.7 Å². The van der Waals surface area contributed by atoms with Crippen LogP contribution in [-0.4, -0.2) is 85.8 Å². The number of fused-ring (bicyclic) bond motifs is 2. The third-order valence-electron chi connectivity index (χ3n) is 12.8. The molecule has 1 spiro atoms. The van der Waals surface area contributed by atoms with E-state index < -0.39 is 25.9 Å². The lowest BCUT2D eigenvalue weighted by Crippen LogP contribution is -2.51. The van der Waals surface area contributed by atoms with Crippen LogP contribution in [-0.2, 0) is 37.7 Å². The fraction of sp³-hybridized carbons (Fsp3) is 0.356. The fourth-order valence-electron chi connectivity index (χ4n) is 9.73. The van der Waals surface area contributed by atoms with Gasteiger partial charge in [-0.1, -0.05) is 85.0 Å². The van der Waals surface area contributed by atoms with Crippen molar-refractivity contribution in [3.63, 3.8) is 0 Å². The highest BCUT2D eigenvalue weighted by Gasteiger charge is 2.66. The summed E-state index contributed by atoms with van der Waals surface area (Å²) in [5.41, 5.74) is 3.42. The highest BCUT2D eigenvalue weighted by molar-refractivity contribution is 6.91. The summed E-state index contributed by atoms with van der Waals surface area (Å²) in [7, 11) is -0.828. The van der Waals surface area contributed by atoms with Gasteiger partial charge in [-0.05, 0) is 65.6 Å². The van der Waals surface area contributed by atoms with Crippen molar-refractivity contribution in [2.24, 2.45) is 5.92 Å². The second-order valence-electron chi connectivity index (χ2n) is 16.5. The molecule has 0 radical (unpaired) electrons. The number of amides is 3. The Morgan fingerprint density at radius 2 is 1.55 bits per heavy atom. The lowest BCUT2D eigenvalue weighted by atomic mass is 9.82. The van der Waals surface area contributed by atoms with Crippen LogP contribution in [0.1, 0.15) is 41.8 Å². The van der Waals surface area contributed by atoms with E-state index in [0.29, 0.717) is 44.0 Å². The molecule has 4 aliphatic rings. The number of methoxy groups -OCH3 is 1. The normalized spacial score (nSPS) is 23.1. The van der Waals surface area contributed by atoms with Gasteiger partial charge in [-0.2, -0.15) is 0 Å². The van der Waals surface area contributed by atoms with Crippen molar-refractivity contribution in [1.29, 1.82) is 0 Å². The van der Waals surface area contributed by atoms with Crippen LogP contribution in [0.25, 0.3) is 0 Å². The quantitative estimate of drug-likeness (QED) is 0.146. The third-order valence-corrected chi connectivity index (χ3v) is 17.2. The van der Waals surface area contributed by atoms with E-state index >= 15 is 4.79 Å². The zero-order valence-electron chi connectivity index (χ0n) is 34.1. The predicted octanol–water partition coefficient (Wildman–Crippen LogP) is 6.13. The topological polar surface area (TPSA) is 149 Å². The van der Waals surface area contributed by atoms with Crippen molar-refractivity contribution in [3.05, 3.63) is 126 Å². The van der Waals surface area contributed by atoms with Gasteiger partial charge in [0.05, 0.1) is 52.8 Å². The van der Waals surface area contributed by atoms with Crippen molar-refractivity contribution in [2.45, 2.75) is 62.9 Å². The Kier molecular flexibility index (Phi) is 10.2. The lowest BCUT2D eigenvalue weighted by molar-refractivity contribution is -0.146. The summed E-state index contributed by atoms with van der Waals surface area (Å²) in [6, 6.07) is 30.9. The van der Waals surface area contributed by atoms with Gasteiger partial charge >= 0.3 is 12.2 Å². The van der Waals surface area contributed by atoms with Gasteiger partial charge in [0, 0.05) is 29.4 Å². The first kappa shape index (κ1) is 39.4. The summed E-state index contributed by atoms with van der Waals surface area (Å²) in [4.78, 5) is 45.6. The molecule has 4 aliphatic heterocycles. The average Bonchev–Trinajstić information content (AvgIpc) is 4.11. The number of anilines is 3. The summed E-state index contributed by atoms with van der Waals surface area (Å²) >= 11 is 0. The van der Waals surface area contributed by atoms with Crippen LogP contribution < -0.4 is 24.6 Å². The number of nitrogens with zero attached hydrogens (tertiary/aromatic N) is 6. The minimum absolute atomic E-state index is 0.0551. The number of aromatic nitrogens is 3. The molecule has 4 aromatic carbocycles. The fourth-order valence-corrected chi connectivity index (χ4v) is 13.8. The molecule has 5 heterocycles. The molecule has 0 bridgehead atoms. The summed E-state index contributed by atoms with van der Waals surface area (Å²) in [6.45, 7) is 9.01. The Labute approximate surface area is 349 Å². The molecule has 5 atom stereocenters. The molecule has 0 aliphatic carbocycles. The maximum absolute atomic E-state index is 15.5. The smallest absolute Gasteiger partial charge is 0.414 e. The molecule has 9 rings (SSSR count). The van der Waals surface area contributed by atoms with Gasteiger partial charge < -0.3 is 29.0 Å². The summed E-state index contributed by atoms with van der Waals surface area (Å²) in [5, 5.41) is 21.0. The molecule has 0 saturated carbocycles. The number of benzene rings is 4. The minimum atomic E-state index is -2.48. The third kappa shape index (κ3) is 6.70. The second kappa shape index (κ2) is 15.5. The average molecular weight is 829 g/mol. The van der Waals surface area contributed by atoms with Crippen LogP contribution in [0.15, 0.2) is 103 Å². The number of ether oxygens (including phenoxy) is 4. The van der Waals surface area contributed by atoms with E-state index in [2.05, 4.69) is 42.5 Å². The number of hydrogen-bond acceptors (Lipinski definition) is 10. The number of aliphatic hydroxyl groups is 1. The van der Waals surface area contributed by atoms with E-state index in [1.807, 2.05) is 84.9 Å². The van der Waals surface area contributed by atoms with Crippen LogP contribution in [0.3, 0.4) is 0 Å². The Morgan fingerprint density at radius 1 is 0.883 bits per heavy atom. The SMILES string of the molecule is COc1ccc([Si](C)(C)[C@H]2[C@H](CCn3cc([C@H](O)c4ccccc4)nn3)O[C@@]3(C(=O)N(Cc4ccc(N5CCOC5=O)cc4)c4ccc(N5CCOC5=O)cc43)[C@@H]2C)cc1. The van der Waals surface area contributed by atoms with E-state index in [1.54, 1.807) is 32.7 Å². The first-order valence-corrected chi connectivity index (χ1v) is 23.5. The Bertz CT molecular complexity index is 2410. The predicted molar refractivity (Wildman–Crippen MR) is 226 cm³/mol. The Balaban J connectivity index is 1.09. The number of carbonyl (C=O) groups is 3. The molecule has 1 N–H and O–H groups in total. The molecule has 15 heteroatoms. The largest absolute Gasteiger partial charge is 0.497 e. The summed E-state index contributed by atoms with van der Waals surface area (Å²) in [6.07, 6.45) is 0.179. The molecule has 14 nitrogen and oxygen atoms in total. The van der Waals surface area contributed by atoms with E-state index in [0.717, 1.165) is 33.8 Å². The van der Waals surface area contributed by atoms with Crippen LogP contribution in [0.5, 0.6) is 5.75 Å². The monoisotopic (exact) mass is 828 g/mol. The van der Waals surface area contributed by atoms with Crippen LogP contribution >= 0.6 is 0 Å². The van der Waals surface area contributed by atoms with Crippen molar-refractivity contribution in [1.82, 2.24) is 15.0 Å².